The Morgan fingerprint density at radius 1 is 1.08 bits per heavy atom. The van der Waals surface area contributed by atoms with Crippen molar-refractivity contribution in [3.8, 4) is 0 Å². The SMILES string of the molecule is C=CC/N=c1\scc(C2(c3ccc4ccccc4c3)CCC2)n1CC=C. The zero-order valence-corrected chi connectivity index (χ0v) is 15.8. The van der Waals surface area contributed by atoms with Gasteiger partial charge in [0, 0.05) is 23.0 Å². The van der Waals surface area contributed by atoms with Gasteiger partial charge >= 0.3 is 0 Å². The Labute approximate surface area is 158 Å². The molecule has 1 heterocycles. The molecule has 1 fully saturated rings. The van der Waals surface area contributed by atoms with Gasteiger partial charge in [0.25, 0.3) is 0 Å². The molecule has 4 rings (SSSR count). The van der Waals surface area contributed by atoms with Crippen molar-refractivity contribution in [3.05, 3.63) is 89.2 Å². The predicted octanol–water partition coefficient (Wildman–Crippen LogP) is 5.45. The van der Waals surface area contributed by atoms with E-state index in [1.807, 2.05) is 12.2 Å². The third kappa shape index (κ3) is 2.77. The maximum absolute atomic E-state index is 4.70. The van der Waals surface area contributed by atoms with Gasteiger partial charge in [0.05, 0.1) is 6.54 Å². The summed E-state index contributed by atoms with van der Waals surface area (Å²) in [6.07, 6.45) is 7.48. The summed E-state index contributed by atoms with van der Waals surface area (Å²) in [5, 5.41) is 4.93. The smallest absolute Gasteiger partial charge is 0.185 e. The first-order chi connectivity index (χ1) is 12.8. The topological polar surface area (TPSA) is 17.3 Å². The molecule has 0 aliphatic heterocycles. The van der Waals surface area contributed by atoms with Crippen LogP contribution in [-0.2, 0) is 12.0 Å². The van der Waals surface area contributed by atoms with E-state index in [1.54, 1.807) is 11.3 Å². The molecule has 3 heteroatoms. The van der Waals surface area contributed by atoms with Crippen LogP contribution in [0.25, 0.3) is 10.8 Å². The summed E-state index contributed by atoms with van der Waals surface area (Å²) in [7, 11) is 0. The van der Waals surface area contributed by atoms with Gasteiger partial charge in [0.2, 0.25) is 0 Å². The molecule has 0 N–H and O–H groups in total. The highest BCUT2D eigenvalue weighted by Gasteiger charge is 2.42. The van der Waals surface area contributed by atoms with Gasteiger partial charge in [-0.05, 0) is 29.2 Å². The fraction of sp³-hybridized carbons (Fsp3) is 0.261. The Balaban J connectivity index is 1.87. The summed E-state index contributed by atoms with van der Waals surface area (Å²) < 4.78 is 2.34. The molecule has 2 nitrogen and oxygen atoms in total. The van der Waals surface area contributed by atoms with E-state index >= 15 is 0 Å². The number of allylic oxidation sites excluding steroid dienone is 1. The van der Waals surface area contributed by atoms with Gasteiger partial charge in [-0.3, -0.25) is 4.99 Å². The first kappa shape index (κ1) is 17.0. The number of thiazole rings is 1. The molecule has 0 atom stereocenters. The molecule has 0 unspecified atom stereocenters. The summed E-state index contributed by atoms with van der Waals surface area (Å²) in [6.45, 7) is 9.20. The van der Waals surface area contributed by atoms with Gasteiger partial charge in [0.1, 0.15) is 0 Å². The van der Waals surface area contributed by atoms with Crippen LogP contribution in [-0.4, -0.2) is 11.1 Å². The summed E-state index contributed by atoms with van der Waals surface area (Å²) in [4.78, 5) is 5.76. The second kappa shape index (κ2) is 7.08. The molecule has 0 bridgehead atoms. The first-order valence-corrected chi connectivity index (χ1v) is 10.1. The Kier molecular flexibility index (Phi) is 4.64. The van der Waals surface area contributed by atoms with Crippen molar-refractivity contribution in [2.24, 2.45) is 4.99 Å². The van der Waals surface area contributed by atoms with Crippen molar-refractivity contribution in [3.63, 3.8) is 0 Å². The number of rotatable bonds is 6. The van der Waals surface area contributed by atoms with Gasteiger partial charge < -0.3 is 4.57 Å². The second-order valence-corrected chi connectivity index (χ2v) is 7.77. The lowest BCUT2D eigenvalue weighted by Gasteiger charge is -2.43. The van der Waals surface area contributed by atoms with Crippen molar-refractivity contribution < 1.29 is 0 Å². The second-order valence-electron chi connectivity index (χ2n) is 6.93. The summed E-state index contributed by atoms with van der Waals surface area (Å²) in [5.74, 6) is 0. The minimum atomic E-state index is 0.103. The van der Waals surface area contributed by atoms with Crippen molar-refractivity contribution in [1.82, 2.24) is 4.57 Å². The minimum absolute atomic E-state index is 0.103. The van der Waals surface area contributed by atoms with Gasteiger partial charge in [0.15, 0.2) is 4.80 Å². The van der Waals surface area contributed by atoms with Crippen molar-refractivity contribution >= 4 is 22.1 Å². The van der Waals surface area contributed by atoms with Crippen LogP contribution in [0.1, 0.15) is 30.5 Å². The van der Waals surface area contributed by atoms with E-state index in [9.17, 15) is 0 Å². The van der Waals surface area contributed by atoms with E-state index < -0.39 is 0 Å². The standard InChI is InChI=1S/C23H24N2S/c1-3-14-24-22-25(15-4-2)21(17-26-22)23(12-7-13-23)20-11-10-18-8-5-6-9-19(18)16-20/h3-6,8-11,16-17H,1-2,7,12-15H2/b24-22-. The van der Waals surface area contributed by atoms with E-state index in [0.29, 0.717) is 6.54 Å². The molecule has 0 saturated heterocycles. The number of hydrogen-bond acceptors (Lipinski definition) is 2. The van der Waals surface area contributed by atoms with Crippen molar-refractivity contribution in [2.75, 3.05) is 6.54 Å². The fourth-order valence-corrected chi connectivity index (χ4v) is 5.01. The molecule has 0 radical (unpaired) electrons. The molecule has 0 spiro atoms. The number of fused-ring (bicyclic) bond motifs is 1. The lowest BCUT2D eigenvalue weighted by atomic mass is 9.62. The van der Waals surface area contributed by atoms with Crippen molar-refractivity contribution in [2.45, 2.75) is 31.2 Å². The number of aromatic nitrogens is 1. The van der Waals surface area contributed by atoms with Crippen LogP contribution in [0, 0.1) is 0 Å². The molecule has 1 aliphatic rings. The van der Waals surface area contributed by atoms with Crippen LogP contribution in [0.5, 0.6) is 0 Å². The van der Waals surface area contributed by atoms with Gasteiger partial charge in [-0.1, -0.05) is 61.0 Å². The highest BCUT2D eigenvalue weighted by molar-refractivity contribution is 7.07. The molecular formula is C23H24N2S. The van der Waals surface area contributed by atoms with E-state index in [0.717, 1.165) is 11.3 Å². The average molecular weight is 361 g/mol. The maximum Gasteiger partial charge on any atom is 0.185 e. The molecule has 1 saturated carbocycles. The van der Waals surface area contributed by atoms with Gasteiger partial charge in [-0.25, -0.2) is 0 Å². The summed E-state index contributed by atoms with van der Waals surface area (Å²) in [5.41, 5.74) is 2.91. The maximum atomic E-state index is 4.70. The van der Waals surface area contributed by atoms with Gasteiger partial charge in [-0.15, -0.1) is 24.5 Å². The van der Waals surface area contributed by atoms with E-state index in [4.69, 9.17) is 4.99 Å². The first-order valence-electron chi connectivity index (χ1n) is 9.19. The highest BCUT2D eigenvalue weighted by Crippen LogP contribution is 2.49. The number of benzene rings is 2. The lowest BCUT2D eigenvalue weighted by Crippen LogP contribution is -2.39. The normalized spacial score (nSPS) is 16.4. The van der Waals surface area contributed by atoms with Crippen LogP contribution < -0.4 is 4.80 Å². The molecule has 3 aromatic rings. The molecular weight excluding hydrogens is 336 g/mol. The molecule has 1 aromatic heterocycles. The fourth-order valence-electron chi connectivity index (χ4n) is 3.99. The molecule has 132 valence electrons. The number of hydrogen-bond donors (Lipinski definition) is 0. The Morgan fingerprint density at radius 2 is 1.88 bits per heavy atom. The molecule has 2 aromatic carbocycles. The monoisotopic (exact) mass is 360 g/mol. The number of nitrogens with zero attached hydrogens (tertiary/aromatic N) is 2. The Bertz CT molecular complexity index is 1020. The van der Waals surface area contributed by atoms with Crippen LogP contribution in [0.4, 0.5) is 0 Å². The predicted molar refractivity (Wildman–Crippen MR) is 112 cm³/mol. The molecule has 0 amide bonds. The van der Waals surface area contributed by atoms with Crippen LogP contribution in [0.3, 0.4) is 0 Å². The van der Waals surface area contributed by atoms with E-state index in [2.05, 4.69) is 65.6 Å². The van der Waals surface area contributed by atoms with Crippen LogP contribution >= 0.6 is 11.3 Å². The third-order valence-electron chi connectivity index (χ3n) is 5.46. The Hall–Kier alpha value is -2.39. The zero-order valence-electron chi connectivity index (χ0n) is 15.0. The summed E-state index contributed by atoms with van der Waals surface area (Å²) in [6, 6.07) is 15.6. The van der Waals surface area contributed by atoms with Crippen molar-refractivity contribution in [1.29, 1.82) is 0 Å². The quantitative estimate of drug-likeness (QED) is 0.520. The Morgan fingerprint density at radius 3 is 2.58 bits per heavy atom. The third-order valence-corrected chi connectivity index (χ3v) is 6.37. The largest absolute Gasteiger partial charge is 0.316 e. The minimum Gasteiger partial charge on any atom is -0.316 e. The van der Waals surface area contributed by atoms with Crippen LogP contribution in [0.2, 0.25) is 0 Å². The zero-order chi connectivity index (χ0) is 18.0. The average Bonchev–Trinajstić information content (AvgIpc) is 3.02. The molecule has 26 heavy (non-hydrogen) atoms. The van der Waals surface area contributed by atoms with Gasteiger partial charge in [-0.2, -0.15) is 0 Å². The summed E-state index contributed by atoms with van der Waals surface area (Å²) >= 11 is 1.73. The highest BCUT2D eigenvalue weighted by atomic mass is 32.1. The lowest BCUT2D eigenvalue weighted by molar-refractivity contribution is 0.285. The van der Waals surface area contributed by atoms with Crippen LogP contribution in [0.15, 0.2) is 78.1 Å². The van der Waals surface area contributed by atoms with E-state index in [1.165, 1.54) is 41.3 Å². The molecule has 1 aliphatic carbocycles. The van der Waals surface area contributed by atoms with E-state index in [-0.39, 0.29) is 5.41 Å².